The molecule has 0 fully saturated rings. The molecule has 1 amide bonds. The van der Waals surface area contributed by atoms with Gasteiger partial charge in [-0.3, -0.25) is 4.79 Å². The quantitative estimate of drug-likeness (QED) is 0.273. The Hall–Kier alpha value is -3.80. The van der Waals surface area contributed by atoms with Crippen LogP contribution >= 0.6 is 0 Å². The van der Waals surface area contributed by atoms with E-state index in [0.29, 0.717) is 12.2 Å². The molecule has 0 aliphatic rings. The predicted octanol–water partition coefficient (Wildman–Crippen LogP) is 6.30. The zero-order valence-electron chi connectivity index (χ0n) is 20.6. The standard InChI is InChI=1S/C28H31N3O3/c1-7-33-24-12-13-25-20(15-24)16-26(34-25)27(32)30-29-17-21-14-18(2)31(19(21)3)23-10-8-22(9-11-23)28(4,5)6/h8-17H,7H2,1-6H3,(H,30,32)/b29-17+. The third-order valence-electron chi connectivity index (χ3n) is 5.85. The Kier molecular flexibility index (Phi) is 6.33. The minimum Gasteiger partial charge on any atom is -0.494 e. The van der Waals surface area contributed by atoms with Crippen LogP contribution in [-0.4, -0.2) is 23.3 Å². The normalized spacial score (nSPS) is 11.9. The first-order valence-corrected chi connectivity index (χ1v) is 11.5. The highest BCUT2D eigenvalue weighted by Gasteiger charge is 2.15. The zero-order chi connectivity index (χ0) is 24.5. The number of amides is 1. The topological polar surface area (TPSA) is 68.8 Å². The van der Waals surface area contributed by atoms with Gasteiger partial charge < -0.3 is 13.7 Å². The van der Waals surface area contributed by atoms with Gasteiger partial charge in [-0.2, -0.15) is 5.10 Å². The Balaban J connectivity index is 1.49. The summed E-state index contributed by atoms with van der Waals surface area (Å²) in [6.07, 6.45) is 1.66. The molecule has 4 rings (SSSR count). The fourth-order valence-electron chi connectivity index (χ4n) is 4.03. The Morgan fingerprint density at radius 3 is 2.50 bits per heavy atom. The van der Waals surface area contributed by atoms with Gasteiger partial charge in [-0.25, -0.2) is 5.43 Å². The van der Waals surface area contributed by atoms with E-state index in [4.69, 9.17) is 9.15 Å². The number of fused-ring (bicyclic) bond motifs is 1. The summed E-state index contributed by atoms with van der Waals surface area (Å²) in [6, 6.07) is 17.8. The third kappa shape index (κ3) is 4.76. The van der Waals surface area contributed by atoms with Gasteiger partial charge in [0.25, 0.3) is 0 Å². The first-order chi connectivity index (χ1) is 16.2. The van der Waals surface area contributed by atoms with E-state index in [1.54, 1.807) is 18.3 Å². The van der Waals surface area contributed by atoms with E-state index in [2.05, 4.69) is 73.1 Å². The number of aromatic nitrogens is 1. The number of hydrogen-bond donors (Lipinski definition) is 1. The first kappa shape index (κ1) is 23.4. The van der Waals surface area contributed by atoms with Crippen molar-refractivity contribution in [2.24, 2.45) is 5.10 Å². The molecule has 2 heterocycles. The maximum Gasteiger partial charge on any atom is 0.307 e. The molecular formula is C28H31N3O3. The largest absolute Gasteiger partial charge is 0.494 e. The summed E-state index contributed by atoms with van der Waals surface area (Å²) in [6.45, 7) is 13.2. The molecular weight excluding hydrogens is 426 g/mol. The van der Waals surface area contributed by atoms with Crippen LogP contribution in [0, 0.1) is 13.8 Å². The molecule has 0 atom stereocenters. The molecule has 0 saturated carbocycles. The molecule has 2 aromatic carbocycles. The maximum absolute atomic E-state index is 12.6. The minimum atomic E-state index is -0.406. The molecule has 0 saturated heterocycles. The van der Waals surface area contributed by atoms with Gasteiger partial charge >= 0.3 is 5.91 Å². The Morgan fingerprint density at radius 2 is 1.82 bits per heavy atom. The Labute approximate surface area is 200 Å². The molecule has 4 aromatic rings. The highest BCUT2D eigenvalue weighted by Crippen LogP contribution is 2.26. The monoisotopic (exact) mass is 457 g/mol. The van der Waals surface area contributed by atoms with Crippen LogP contribution in [0.1, 0.15) is 60.8 Å². The molecule has 0 spiro atoms. The maximum atomic E-state index is 12.6. The number of carbonyl (C=O) groups excluding carboxylic acids is 1. The Bertz CT molecular complexity index is 1350. The number of nitrogens with zero attached hydrogens (tertiary/aromatic N) is 2. The summed E-state index contributed by atoms with van der Waals surface area (Å²) in [5.74, 6) is 0.534. The van der Waals surface area contributed by atoms with Crippen LogP contribution in [0.5, 0.6) is 5.75 Å². The van der Waals surface area contributed by atoms with Crippen LogP contribution < -0.4 is 10.2 Å². The fraction of sp³-hybridized carbons (Fsp3) is 0.286. The van der Waals surface area contributed by atoms with Crippen molar-refractivity contribution in [1.29, 1.82) is 0 Å². The number of benzene rings is 2. The number of nitrogens with one attached hydrogen (secondary N) is 1. The molecule has 0 radical (unpaired) electrons. The molecule has 6 heteroatoms. The SMILES string of the molecule is CCOc1ccc2oc(C(=O)N/N=C/c3cc(C)n(-c4ccc(C(C)(C)C)cc4)c3C)cc2c1. The molecule has 0 aliphatic carbocycles. The number of hydrogen-bond acceptors (Lipinski definition) is 4. The molecule has 1 N–H and O–H groups in total. The van der Waals surface area contributed by atoms with Crippen molar-refractivity contribution in [3.8, 4) is 11.4 Å². The van der Waals surface area contributed by atoms with Gasteiger partial charge in [0.15, 0.2) is 5.76 Å². The van der Waals surface area contributed by atoms with Crippen molar-refractivity contribution in [2.75, 3.05) is 6.61 Å². The summed E-state index contributed by atoms with van der Waals surface area (Å²) in [5, 5.41) is 4.97. The van der Waals surface area contributed by atoms with Gasteiger partial charge in [0.05, 0.1) is 12.8 Å². The summed E-state index contributed by atoms with van der Waals surface area (Å²) >= 11 is 0. The number of ether oxygens (including phenoxy) is 1. The smallest absolute Gasteiger partial charge is 0.307 e. The van der Waals surface area contributed by atoms with Gasteiger partial charge in [0.2, 0.25) is 0 Å². The van der Waals surface area contributed by atoms with Gasteiger partial charge in [-0.05, 0) is 74.2 Å². The third-order valence-corrected chi connectivity index (χ3v) is 5.85. The number of rotatable bonds is 6. The molecule has 0 bridgehead atoms. The van der Waals surface area contributed by atoms with Crippen LogP contribution in [0.25, 0.3) is 16.7 Å². The average Bonchev–Trinajstić information content (AvgIpc) is 3.33. The van der Waals surface area contributed by atoms with Gasteiger partial charge in [-0.15, -0.1) is 0 Å². The first-order valence-electron chi connectivity index (χ1n) is 11.5. The van der Waals surface area contributed by atoms with Crippen molar-refractivity contribution in [1.82, 2.24) is 9.99 Å². The molecule has 2 aromatic heterocycles. The second-order valence-electron chi connectivity index (χ2n) is 9.40. The molecule has 0 unspecified atom stereocenters. The van der Waals surface area contributed by atoms with Gasteiger partial charge in [-0.1, -0.05) is 32.9 Å². The molecule has 6 nitrogen and oxygen atoms in total. The number of carbonyl (C=O) groups is 1. The van der Waals surface area contributed by atoms with Crippen molar-refractivity contribution in [3.05, 3.63) is 82.9 Å². The van der Waals surface area contributed by atoms with Crippen LogP contribution in [0.2, 0.25) is 0 Å². The lowest BCUT2D eigenvalue weighted by Gasteiger charge is -2.20. The number of furan rings is 1. The fourth-order valence-corrected chi connectivity index (χ4v) is 4.03. The van der Waals surface area contributed by atoms with Crippen LogP contribution in [0.15, 0.2) is 64.1 Å². The summed E-state index contributed by atoms with van der Waals surface area (Å²) < 4.78 is 13.3. The van der Waals surface area contributed by atoms with Crippen molar-refractivity contribution in [3.63, 3.8) is 0 Å². The van der Waals surface area contributed by atoms with E-state index in [1.807, 2.05) is 26.0 Å². The molecule has 176 valence electrons. The highest BCUT2D eigenvalue weighted by atomic mass is 16.5. The number of aryl methyl sites for hydroxylation is 1. The van der Waals surface area contributed by atoms with Gasteiger partial charge in [0.1, 0.15) is 11.3 Å². The van der Waals surface area contributed by atoms with Crippen LogP contribution in [-0.2, 0) is 5.41 Å². The number of hydrazone groups is 1. The van der Waals surface area contributed by atoms with Gasteiger partial charge in [0, 0.05) is 28.0 Å². The van der Waals surface area contributed by atoms with E-state index in [0.717, 1.165) is 33.8 Å². The zero-order valence-corrected chi connectivity index (χ0v) is 20.6. The van der Waals surface area contributed by atoms with E-state index in [9.17, 15) is 4.79 Å². The van der Waals surface area contributed by atoms with Crippen LogP contribution in [0.3, 0.4) is 0 Å². The lowest BCUT2D eigenvalue weighted by Crippen LogP contribution is -2.16. The Morgan fingerprint density at radius 1 is 1.09 bits per heavy atom. The van der Waals surface area contributed by atoms with Crippen LogP contribution in [0.4, 0.5) is 0 Å². The minimum absolute atomic E-state index is 0.112. The second-order valence-corrected chi connectivity index (χ2v) is 9.40. The average molecular weight is 458 g/mol. The van der Waals surface area contributed by atoms with E-state index in [1.165, 1.54) is 5.56 Å². The lowest BCUT2D eigenvalue weighted by atomic mass is 9.87. The van der Waals surface area contributed by atoms with E-state index >= 15 is 0 Å². The van der Waals surface area contributed by atoms with Crippen molar-refractivity contribution >= 4 is 23.1 Å². The molecule has 0 aliphatic heterocycles. The summed E-state index contributed by atoms with van der Waals surface area (Å²) in [7, 11) is 0. The molecule has 34 heavy (non-hydrogen) atoms. The van der Waals surface area contributed by atoms with Crippen molar-refractivity contribution < 1.29 is 13.9 Å². The van der Waals surface area contributed by atoms with E-state index in [-0.39, 0.29) is 11.2 Å². The second kappa shape index (κ2) is 9.21. The summed E-state index contributed by atoms with van der Waals surface area (Å²) in [4.78, 5) is 12.6. The lowest BCUT2D eigenvalue weighted by molar-refractivity contribution is 0.0929. The predicted molar refractivity (Wildman–Crippen MR) is 136 cm³/mol. The summed E-state index contributed by atoms with van der Waals surface area (Å²) in [5.41, 5.74) is 8.77. The van der Waals surface area contributed by atoms with Crippen molar-refractivity contribution in [2.45, 2.75) is 47.0 Å². The highest BCUT2D eigenvalue weighted by molar-refractivity contribution is 5.96. The van der Waals surface area contributed by atoms with E-state index < -0.39 is 5.91 Å².